The van der Waals surface area contributed by atoms with Gasteiger partial charge in [-0.1, -0.05) is 12.1 Å². The zero-order valence-corrected chi connectivity index (χ0v) is 18.2. The normalized spacial score (nSPS) is 10.6. The number of nitrogens with one attached hydrogen (secondary N) is 2. The third-order valence-corrected chi connectivity index (χ3v) is 6.19. The van der Waals surface area contributed by atoms with Crippen molar-refractivity contribution in [2.24, 2.45) is 0 Å². The molecule has 3 aromatic heterocycles. The maximum atomic E-state index is 12.6. The van der Waals surface area contributed by atoms with Crippen LogP contribution in [0.2, 0.25) is 0 Å². The summed E-state index contributed by atoms with van der Waals surface area (Å²) in [6.07, 6.45) is 5.55. The van der Waals surface area contributed by atoms with Crippen LogP contribution >= 0.6 is 22.7 Å². The summed E-state index contributed by atoms with van der Waals surface area (Å²) in [5.41, 5.74) is 2.71. The third-order valence-electron chi connectivity index (χ3n) is 4.50. The van der Waals surface area contributed by atoms with E-state index >= 15 is 0 Å². The first-order chi connectivity index (χ1) is 15.2. The second-order valence-electron chi connectivity index (χ2n) is 6.80. The van der Waals surface area contributed by atoms with Crippen molar-refractivity contribution < 1.29 is 9.59 Å². The molecule has 0 atom stereocenters. The second kappa shape index (κ2) is 10.1. The molecule has 0 aliphatic rings. The molecule has 0 radical (unpaired) electrons. The third kappa shape index (κ3) is 5.84. The van der Waals surface area contributed by atoms with Crippen molar-refractivity contribution in [2.45, 2.75) is 19.3 Å². The van der Waals surface area contributed by atoms with Gasteiger partial charge in [0.25, 0.3) is 5.91 Å². The summed E-state index contributed by atoms with van der Waals surface area (Å²) in [6, 6.07) is 14.8. The van der Waals surface area contributed by atoms with E-state index in [1.54, 1.807) is 48.0 Å². The SMILES string of the molecule is O=C(CCCc1cccs1)Nc1cccc(C(=O)Nc2nc(-c3cccnc3)cs2)c1. The van der Waals surface area contributed by atoms with Crippen molar-refractivity contribution in [1.82, 2.24) is 9.97 Å². The zero-order valence-electron chi connectivity index (χ0n) is 16.6. The molecule has 0 bridgehead atoms. The van der Waals surface area contributed by atoms with E-state index in [4.69, 9.17) is 0 Å². The number of carbonyl (C=O) groups excluding carboxylic acids is 2. The Morgan fingerprint density at radius 1 is 1.00 bits per heavy atom. The summed E-state index contributed by atoms with van der Waals surface area (Å²) >= 11 is 3.05. The number of aromatic nitrogens is 2. The van der Waals surface area contributed by atoms with Crippen LogP contribution < -0.4 is 10.6 Å². The molecule has 0 aliphatic carbocycles. The lowest BCUT2D eigenvalue weighted by atomic mass is 10.1. The van der Waals surface area contributed by atoms with E-state index in [9.17, 15) is 9.59 Å². The van der Waals surface area contributed by atoms with Gasteiger partial charge in [0.2, 0.25) is 5.91 Å². The average molecular weight is 449 g/mol. The molecule has 0 spiro atoms. The smallest absolute Gasteiger partial charge is 0.257 e. The first-order valence-electron chi connectivity index (χ1n) is 9.77. The molecule has 0 saturated heterocycles. The number of amides is 2. The van der Waals surface area contributed by atoms with Crippen LogP contribution in [0, 0.1) is 0 Å². The fourth-order valence-corrected chi connectivity index (χ4v) is 4.45. The number of hydrogen-bond acceptors (Lipinski definition) is 6. The quantitative estimate of drug-likeness (QED) is 0.374. The largest absolute Gasteiger partial charge is 0.326 e. The molecule has 6 nitrogen and oxygen atoms in total. The second-order valence-corrected chi connectivity index (χ2v) is 8.69. The molecular formula is C23H20N4O2S2. The Labute approximate surface area is 188 Å². The molecule has 4 aromatic rings. The molecule has 156 valence electrons. The van der Waals surface area contributed by atoms with E-state index in [0.717, 1.165) is 24.1 Å². The van der Waals surface area contributed by atoms with Gasteiger partial charge in [0.15, 0.2) is 5.13 Å². The molecule has 3 heterocycles. The van der Waals surface area contributed by atoms with Crippen LogP contribution in [-0.4, -0.2) is 21.8 Å². The number of rotatable bonds is 8. The van der Waals surface area contributed by atoms with Crippen molar-refractivity contribution in [3.63, 3.8) is 0 Å². The predicted molar refractivity (Wildman–Crippen MR) is 126 cm³/mol. The number of aryl methyl sites for hydroxylation is 1. The standard InChI is InChI=1S/C23H20N4O2S2/c28-21(10-2-8-19-9-4-12-30-19)25-18-7-1-5-16(13-18)22(29)27-23-26-20(15-31-23)17-6-3-11-24-14-17/h1,3-7,9,11-15H,2,8,10H2,(H,25,28)(H,26,27,29). The van der Waals surface area contributed by atoms with Crippen molar-refractivity contribution in [3.8, 4) is 11.3 Å². The molecule has 31 heavy (non-hydrogen) atoms. The Morgan fingerprint density at radius 2 is 1.94 bits per heavy atom. The Balaban J connectivity index is 1.32. The van der Waals surface area contributed by atoms with Crippen LogP contribution in [-0.2, 0) is 11.2 Å². The number of carbonyl (C=O) groups is 2. The van der Waals surface area contributed by atoms with Gasteiger partial charge in [-0.2, -0.15) is 0 Å². The Morgan fingerprint density at radius 3 is 2.74 bits per heavy atom. The van der Waals surface area contributed by atoms with E-state index in [1.165, 1.54) is 16.2 Å². The average Bonchev–Trinajstić information content (AvgIpc) is 3.47. The summed E-state index contributed by atoms with van der Waals surface area (Å²) < 4.78 is 0. The van der Waals surface area contributed by atoms with Crippen LogP contribution in [0.5, 0.6) is 0 Å². The number of anilines is 2. The maximum Gasteiger partial charge on any atom is 0.257 e. The van der Waals surface area contributed by atoms with E-state index in [2.05, 4.69) is 26.7 Å². The van der Waals surface area contributed by atoms with Gasteiger partial charge in [-0.25, -0.2) is 4.98 Å². The lowest BCUT2D eigenvalue weighted by Crippen LogP contribution is -2.14. The Hall–Kier alpha value is -3.36. The van der Waals surface area contributed by atoms with Crippen LogP contribution in [0.3, 0.4) is 0 Å². The van der Waals surface area contributed by atoms with Crippen molar-refractivity contribution in [2.75, 3.05) is 10.6 Å². The minimum absolute atomic E-state index is 0.0600. The van der Waals surface area contributed by atoms with Gasteiger partial charge < -0.3 is 5.32 Å². The zero-order chi connectivity index (χ0) is 21.5. The van der Waals surface area contributed by atoms with E-state index in [1.807, 2.05) is 29.0 Å². The van der Waals surface area contributed by atoms with Crippen LogP contribution in [0.1, 0.15) is 28.1 Å². The molecular weight excluding hydrogens is 428 g/mol. The fourth-order valence-electron chi connectivity index (χ4n) is 2.99. The van der Waals surface area contributed by atoms with Crippen molar-refractivity contribution >= 4 is 45.3 Å². The number of hydrogen-bond donors (Lipinski definition) is 2. The summed E-state index contributed by atoms with van der Waals surface area (Å²) in [5, 5.41) is 10.1. The molecule has 0 aliphatic heterocycles. The van der Waals surface area contributed by atoms with Gasteiger partial charge >= 0.3 is 0 Å². The molecule has 1 aromatic carbocycles. The lowest BCUT2D eigenvalue weighted by molar-refractivity contribution is -0.116. The minimum atomic E-state index is -0.277. The van der Waals surface area contributed by atoms with Crippen molar-refractivity contribution in [1.29, 1.82) is 0 Å². The summed E-state index contributed by atoms with van der Waals surface area (Å²) in [4.78, 5) is 34.7. The van der Waals surface area contributed by atoms with Gasteiger partial charge in [0, 0.05) is 45.9 Å². The Kier molecular flexibility index (Phi) is 6.81. The van der Waals surface area contributed by atoms with Crippen molar-refractivity contribution in [3.05, 3.63) is 82.1 Å². The monoisotopic (exact) mass is 448 g/mol. The van der Waals surface area contributed by atoms with E-state index in [-0.39, 0.29) is 11.8 Å². The number of benzene rings is 1. The molecule has 2 N–H and O–H groups in total. The molecule has 4 rings (SSSR count). The molecule has 0 fully saturated rings. The molecule has 0 saturated carbocycles. The van der Waals surface area contributed by atoms with Gasteiger partial charge in [-0.15, -0.1) is 22.7 Å². The van der Waals surface area contributed by atoms with E-state index in [0.29, 0.717) is 22.8 Å². The highest BCUT2D eigenvalue weighted by molar-refractivity contribution is 7.14. The number of thiophene rings is 1. The number of nitrogens with zero attached hydrogens (tertiary/aromatic N) is 2. The van der Waals surface area contributed by atoms with Crippen LogP contribution in [0.25, 0.3) is 11.3 Å². The van der Waals surface area contributed by atoms with Gasteiger partial charge in [0.05, 0.1) is 5.69 Å². The number of thiazole rings is 1. The highest BCUT2D eigenvalue weighted by Crippen LogP contribution is 2.24. The highest BCUT2D eigenvalue weighted by Gasteiger charge is 2.11. The highest BCUT2D eigenvalue weighted by atomic mass is 32.1. The number of pyridine rings is 1. The van der Waals surface area contributed by atoms with Crippen LogP contribution in [0.15, 0.2) is 71.7 Å². The molecule has 8 heteroatoms. The van der Waals surface area contributed by atoms with Gasteiger partial charge in [0.1, 0.15) is 0 Å². The fraction of sp³-hybridized carbons (Fsp3) is 0.130. The topological polar surface area (TPSA) is 84.0 Å². The lowest BCUT2D eigenvalue weighted by Gasteiger charge is -2.07. The summed E-state index contributed by atoms with van der Waals surface area (Å²) in [5.74, 6) is -0.337. The minimum Gasteiger partial charge on any atom is -0.326 e. The first kappa shape index (κ1) is 20.9. The summed E-state index contributed by atoms with van der Waals surface area (Å²) in [7, 11) is 0. The van der Waals surface area contributed by atoms with Gasteiger partial charge in [-0.3, -0.25) is 19.9 Å². The Bertz CT molecular complexity index is 1160. The van der Waals surface area contributed by atoms with Crippen LogP contribution in [0.4, 0.5) is 10.8 Å². The maximum absolute atomic E-state index is 12.6. The van der Waals surface area contributed by atoms with E-state index < -0.39 is 0 Å². The summed E-state index contributed by atoms with van der Waals surface area (Å²) in [6.45, 7) is 0. The molecule has 0 unspecified atom stereocenters. The first-order valence-corrected chi connectivity index (χ1v) is 11.5. The van der Waals surface area contributed by atoms with Gasteiger partial charge in [-0.05, 0) is 54.6 Å². The predicted octanol–water partition coefficient (Wildman–Crippen LogP) is 5.48. The molecule has 2 amide bonds.